The minimum absolute atomic E-state index is 0.561. The van der Waals surface area contributed by atoms with Crippen molar-refractivity contribution < 1.29 is 0 Å². The minimum Gasteiger partial charge on any atom is -0.356 e. The van der Waals surface area contributed by atoms with E-state index < -0.39 is 0 Å². The fraction of sp³-hybridized carbons (Fsp3) is 0.524. The second kappa shape index (κ2) is 7.72. The van der Waals surface area contributed by atoms with Gasteiger partial charge in [-0.15, -0.1) is 0 Å². The minimum atomic E-state index is 0.561. The Labute approximate surface area is 156 Å². The van der Waals surface area contributed by atoms with Gasteiger partial charge in [-0.25, -0.2) is 9.97 Å². The standard InChI is InChI=1S/C21H29N5/c1-15-13-22-16(2)24-21(15)26-10-8-18(9-11-26)20-19(14-23-25-20)12-17-6-4-3-5-7-17/h3-7,13,18-20,23,25H,8-12,14H2,1-2H3. The quantitative estimate of drug-likeness (QED) is 0.887. The van der Waals surface area contributed by atoms with Crippen molar-refractivity contribution in [3.8, 4) is 0 Å². The van der Waals surface area contributed by atoms with Gasteiger partial charge in [0.15, 0.2) is 0 Å². The van der Waals surface area contributed by atoms with Gasteiger partial charge in [-0.1, -0.05) is 30.3 Å². The summed E-state index contributed by atoms with van der Waals surface area (Å²) in [5, 5.41) is 0. The maximum absolute atomic E-state index is 4.68. The Hall–Kier alpha value is -1.98. The number of anilines is 1. The molecule has 1 aromatic heterocycles. The lowest BCUT2D eigenvalue weighted by Crippen LogP contribution is -2.45. The molecule has 1 aromatic carbocycles. The molecule has 2 atom stereocenters. The predicted octanol–water partition coefficient (Wildman–Crippen LogP) is 2.65. The van der Waals surface area contributed by atoms with Crippen LogP contribution in [0.5, 0.6) is 0 Å². The van der Waals surface area contributed by atoms with E-state index in [1.165, 1.54) is 24.0 Å². The number of nitrogens with one attached hydrogen (secondary N) is 2. The summed E-state index contributed by atoms with van der Waals surface area (Å²) >= 11 is 0. The fourth-order valence-electron chi connectivity index (χ4n) is 4.48. The summed E-state index contributed by atoms with van der Waals surface area (Å²) in [6.07, 6.45) is 5.53. The van der Waals surface area contributed by atoms with Gasteiger partial charge in [0.1, 0.15) is 11.6 Å². The zero-order valence-electron chi connectivity index (χ0n) is 15.8. The van der Waals surface area contributed by atoms with Crippen molar-refractivity contribution >= 4 is 5.82 Å². The van der Waals surface area contributed by atoms with Gasteiger partial charge in [0.2, 0.25) is 0 Å². The summed E-state index contributed by atoms with van der Waals surface area (Å²) in [5.41, 5.74) is 9.61. The smallest absolute Gasteiger partial charge is 0.135 e. The molecule has 0 saturated carbocycles. The van der Waals surface area contributed by atoms with Crippen LogP contribution in [0.1, 0.15) is 29.8 Å². The van der Waals surface area contributed by atoms with Crippen LogP contribution >= 0.6 is 0 Å². The Morgan fingerprint density at radius 1 is 1.12 bits per heavy atom. The zero-order valence-corrected chi connectivity index (χ0v) is 15.8. The molecule has 2 aliphatic heterocycles. The summed E-state index contributed by atoms with van der Waals surface area (Å²) < 4.78 is 0. The van der Waals surface area contributed by atoms with Crippen molar-refractivity contribution in [1.82, 2.24) is 20.8 Å². The maximum Gasteiger partial charge on any atom is 0.135 e. The Balaban J connectivity index is 1.38. The van der Waals surface area contributed by atoms with Gasteiger partial charge in [0, 0.05) is 37.4 Å². The number of benzene rings is 1. The normalized spacial score (nSPS) is 24.2. The highest BCUT2D eigenvalue weighted by Gasteiger charge is 2.35. The van der Waals surface area contributed by atoms with Crippen LogP contribution in [0.25, 0.3) is 0 Å². The third kappa shape index (κ3) is 3.74. The first-order chi connectivity index (χ1) is 12.7. The maximum atomic E-state index is 4.68. The van der Waals surface area contributed by atoms with Gasteiger partial charge >= 0.3 is 0 Å². The van der Waals surface area contributed by atoms with Crippen LogP contribution in [0.4, 0.5) is 5.82 Å². The van der Waals surface area contributed by atoms with Crippen LogP contribution in [0, 0.1) is 25.7 Å². The van der Waals surface area contributed by atoms with Gasteiger partial charge in [-0.3, -0.25) is 10.9 Å². The second-order valence-electron chi connectivity index (χ2n) is 7.75. The van der Waals surface area contributed by atoms with Crippen LogP contribution in [0.2, 0.25) is 0 Å². The first-order valence-electron chi connectivity index (χ1n) is 9.78. The van der Waals surface area contributed by atoms with Crippen molar-refractivity contribution in [2.75, 3.05) is 24.5 Å². The molecule has 3 heterocycles. The molecular formula is C21H29N5. The van der Waals surface area contributed by atoms with Crippen molar-refractivity contribution in [3.05, 3.63) is 53.5 Å². The zero-order chi connectivity index (χ0) is 17.9. The van der Waals surface area contributed by atoms with E-state index >= 15 is 0 Å². The summed E-state index contributed by atoms with van der Waals surface area (Å²) in [5.74, 6) is 3.36. The third-order valence-corrected chi connectivity index (χ3v) is 5.89. The molecule has 138 valence electrons. The number of piperidine rings is 1. The first kappa shape index (κ1) is 17.4. The van der Waals surface area contributed by atoms with Crippen molar-refractivity contribution in [1.29, 1.82) is 0 Å². The summed E-state index contributed by atoms with van der Waals surface area (Å²) in [6, 6.07) is 11.4. The van der Waals surface area contributed by atoms with E-state index in [1.807, 2.05) is 13.1 Å². The molecule has 0 aliphatic carbocycles. The van der Waals surface area contributed by atoms with Crippen LogP contribution in [-0.2, 0) is 6.42 Å². The highest BCUT2D eigenvalue weighted by molar-refractivity contribution is 5.45. The van der Waals surface area contributed by atoms with Gasteiger partial charge in [0.05, 0.1) is 0 Å². The largest absolute Gasteiger partial charge is 0.356 e. The molecule has 2 N–H and O–H groups in total. The Morgan fingerprint density at radius 3 is 2.65 bits per heavy atom. The van der Waals surface area contributed by atoms with Crippen LogP contribution < -0.4 is 15.8 Å². The molecule has 0 amide bonds. The monoisotopic (exact) mass is 351 g/mol. The molecule has 26 heavy (non-hydrogen) atoms. The molecule has 2 saturated heterocycles. The number of nitrogens with zero attached hydrogens (tertiary/aromatic N) is 3. The van der Waals surface area contributed by atoms with Crippen molar-refractivity contribution in [3.63, 3.8) is 0 Å². The molecular weight excluding hydrogens is 322 g/mol. The number of hydrogen-bond acceptors (Lipinski definition) is 5. The van der Waals surface area contributed by atoms with Gasteiger partial charge in [-0.2, -0.15) is 0 Å². The Bertz CT molecular complexity index is 724. The molecule has 0 spiro atoms. The lowest BCUT2D eigenvalue weighted by atomic mass is 9.81. The fourth-order valence-corrected chi connectivity index (χ4v) is 4.48. The molecule has 2 unspecified atom stereocenters. The van der Waals surface area contributed by atoms with E-state index in [9.17, 15) is 0 Å². The first-order valence-corrected chi connectivity index (χ1v) is 9.78. The van der Waals surface area contributed by atoms with E-state index in [-0.39, 0.29) is 0 Å². The molecule has 2 aromatic rings. The van der Waals surface area contributed by atoms with E-state index in [4.69, 9.17) is 0 Å². The van der Waals surface area contributed by atoms with Crippen molar-refractivity contribution in [2.24, 2.45) is 11.8 Å². The molecule has 4 rings (SSSR count). The summed E-state index contributed by atoms with van der Waals surface area (Å²) in [7, 11) is 0. The molecule has 0 bridgehead atoms. The molecule has 2 aliphatic rings. The molecule has 0 radical (unpaired) electrons. The van der Waals surface area contributed by atoms with E-state index in [2.05, 4.69) is 63.0 Å². The van der Waals surface area contributed by atoms with E-state index in [1.54, 1.807) is 0 Å². The molecule has 5 heteroatoms. The SMILES string of the molecule is Cc1ncc(C)c(N2CCC(C3NNCC3Cc3ccccc3)CC2)n1. The second-order valence-corrected chi connectivity index (χ2v) is 7.75. The van der Waals surface area contributed by atoms with Gasteiger partial charge in [0.25, 0.3) is 0 Å². The summed E-state index contributed by atoms with van der Waals surface area (Å²) in [6.45, 7) is 7.30. The number of aromatic nitrogens is 2. The number of hydrazine groups is 1. The van der Waals surface area contributed by atoms with Crippen LogP contribution in [-0.4, -0.2) is 35.6 Å². The van der Waals surface area contributed by atoms with Crippen molar-refractivity contribution in [2.45, 2.75) is 39.2 Å². The van der Waals surface area contributed by atoms with Gasteiger partial charge in [-0.05, 0) is 50.5 Å². The lowest BCUT2D eigenvalue weighted by molar-refractivity contribution is 0.267. The third-order valence-electron chi connectivity index (χ3n) is 5.89. The number of rotatable bonds is 4. The Kier molecular flexibility index (Phi) is 5.18. The number of hydrogen-bond donors (Lipinski definition) is 2. The molecule has 2 fully saturated rings. The van der Waals surface area contributed by atoms with E-state index in [0.717, 1.165) is 43.6 Å². The van der Waals surface area contributed by atoms with Gasteiger partial charge < -0.3 is 4.90 Å². The highest BCUT2D eigenvalue weighted by atomic mass is 15.4. The average Bonchev–Trinajstić information content (AvgIpc) is 3.13. The summed E-state index contributed by atoms with van der Waals surface area (Å²) in [4.78, 5) is 11.4. The van der Waals surface area contributed by atoms with E-state index in [0.29, 0.717) is 12.0 Å². The molecule has 5 nitrogen and oxygen atoms in total. The van der Waals surface area contributed by atoms with Crippen LogP contribution in [0.15, 0.2) is 36.5 Å². The highest BCUT2D eigenvalue weighted by Crippen LogP contribution is 2.30. The lowest BCUT2D eigenvalue weighted by Gasteiger charge is -2.37. The predicted molar refractivity (Wildman–Crippen MR) is 105 cm³/mol. The Morgan fingerprint density at radius 2 is 1.88 bits per heavy atom. The topological polar surface area (TPSA) is 53.1 Å². The average molecular weight is 351 g/mol. The van der Waals surface area contributed by atoms with Crippen LogP contribution in [0.3, 0.4) is 0 Å². The number of aryl methyl sites for hydroxylation is 2.